The number of aromatic carboxylic acids is 1. The molecule has 0 bridgehead atoms. The molecule has 23 heavy (non-hydrogen) atoms. The van der Waals surface area contributed by atoms with E-state index in [1.807, 2.05) is 6.92 Å². The van der Waals surface area contributed by atoms with Crippen LogP contribution in [0.5, 0.6) is 0 Å². The van der Waals surface area contributed by atoms with Crippen molar-refractivity contribution in [2.24, 2.45) is 0 Å². The molecule has 0 atom stereocenters. The first-order valence-corrected chi connectivity index (χ1v) is 7.60. The van der Waals surface area contributed by atoms with Gasteiger partial charge in [0.25, 0.3) is 0 Å². The van der Waals surface area contributed by atoms with Crippen molar-refractivity contribution in [3.63, 3.8) is 0 Å². The number of rotatable bonds is 7. The van der Waals surface area contributed by atoms with Crippen molar-refractivity contribution >= 4 is 12.0 Å². The normalized spacial score (nSPS) is 23.0. The van der Waals surface area contributed by atoms with Gasteiger partial charge in [-0.25, -0.2) is 9.59 Å². The Balaban J connectivity index is 1.68. The molecule has 7 heteroatoms. The van der Waals surface area contributed by atoms with Gasteiger partial charge in [-0.05, 0) is 24.6 Å². The number of nitrogens with one attached hydrogen (secondary N) is 2. The topological polar surface area (TPSA) is 108 Å². The summed E-state index contributed by atoms with van der Waals surface area (Å²) >= 11 is 0. The number of carbonyl (C=O) groups is 2. The first-order chi connectivity index (χ1) is 10.9. The second-order valence-corrected chi connectivity index (χ2v) is 5.75. The van der Waals surface area contributed by atoms with Crippen LogP contribution in [0.2, 0.25) is 0 Å². The molecule has 0 heterocycles. The molecule has 4 N–H and O–H groups in total. The Labute approximate surface area is 134 Å². The van der Waals surface area contributed by atoms with E-state index in [0.717, 1.165) is 5.56 Å². The molecule has 2 amide bonds. The highest BCUT2D eigenvalue weighted by Crippen LogP contribution is 2.33. The minimum absolute atomic E-state index is 0.0719. The van der Waals surface area contributed by atoms with E-state index < -0.39 is 11.6 Å². The number of hydrogen-bond donors (Lipinski definition) is 4. The highest BCUT2D eigenvalue weighted by atomic mass is 16.5. The Hall–Kier alpha value is -2.12. The van der Waals surface area contributed by atoms with Gasteiger partial charge in [-0.3, -0.25) is 0 Å². The third-order valence-corrected chi connectivity index (χ3v) is 3.85. The van der Waals surface area contributed by atoms with Gasteiger partial charge in [0.15, 0.2) is 0 Å². The van der Waals surface area contributed by atoms with Gasteiger partial charge in [-0.1, -0.05) is 12.1 Å². The number of amides is 2. The lowest BCUT2D eigenvalue weighted by molar-refractivity contribution is -0.133. The zero-order valence-electron chi connectivity index (χ0n) is 13.0. The zero-order chi connectivity index (χ0) is 16.9. The quantitative estimate of drug-likeness (QED) is 0.601. The Bertz CT molecular complexity index is 552. The number of urea groups is 1. The highest BCUT2D eigenvalue weighted by Gasteiger charge is 2.43. The molecule has 1 aromatic rings. The van der Waals surface area contributed by atoms with Crippen LogP contribution in [0.3, 0.4) is 0 Å². The van der Waals surface area contributed by atoms with Gasteiger partial charge in [0, 0.05) is 32.5 Å². The second-order valence-electron chi connectivity index (χ2n) is 5.75. The molecular weight excluding hydrogens is 300 g/mol. The van der Waals surface area contributed by atoms with Crippen LogP contribution in [-0.2, 0) is 11.3 Å². The van der Waals surface area contributed by atoms with Gasteiger partial charge in [0.2, 0.25) is 0 Å². The van der Waals surface area contributed by atoms with Crippen LogP contribution < -0.4 is 10.6 Å². The summed E-state index contributed by atoms with van der Waals surface area (Å²) in [5.74, 6) is -0.985. The van der Waals surface area contributed by atoms with Crippen LogP contribution >= 0.6 is 0 Å². The van der Waals surface area contributed by atoms with Gasteiger partial charge in [0.05, 0.1) is 17.3 Å². The molecule has 1 aliphatic rings. The molecule has 0 spiro atoms. The molecule has 2 rings (SSSR count). The Kier molecular flexibility index (Phi) is 5.57. The fourth-order valence-corrected chi connectivity index (χ4v) is 2.54. The Morgan fingerprint density at radius 3 is 2.48 bits per heavy atom. The molecule has 1 fully saturated rings. The summed E-state index contributed by atoms with van der Waals surface area (Å²) in [6, 6.07) is 5.90. The van der Waals surface area contributed by atoms with Crippen LogP contribution in [0.25, 0.3) is 0 Å². The molecule has 126 valence electrons. The minimum Gasteiger partial charge on any atom is -0.478 e. The van der Waals surface area contributed by atoms with Crippen LogP contribution in [-0.4, -0.2) is 47.1 Å². The number of ether oxygens (including phenoxy) is 1. The third-order valence-electron chi connectivity index (χ3n) is 3.85. The summed E-state index contributed by atoms with van der Waals surface area (Å²) in [5.41, 5.74) is 0.110. The number of carboxylic acid groups (broad SMARTS) is 1. The average Bonchev–Trinajstić information content (AvgIpc) is 2.50. The number of benzene rings is 1. The smallest absolute Gasteiger partial charge is 0.335 e. The van der Waals surface area contributed by atoms with Gasteiger partial charge in [-0.2, -0.15) is 0 Å². The standard InChI is InChI=1S/C16H22N2O5/c1-2-23-13-7-16(22,8-13)10-18-15(21)17-9-11-3-5-12(6-4-11)14(19)20/h3-6,13,22H,2,7-10H2,1H3,(H,19,20)(H2,17,18,21). The van der Waals surface area contributed by atoms with Crippen LogP contribution in [0.15, 0.2) is 24.3 Å². The molecule has 0 aromatic heterocycles. The SMILES string of the molecule is CCOC1CC(O)(CNC(=O)NCc2ccc(C(=O)O)cc2)C1. The summed E-state index contributed by atoms with van der Waals surface area (Å²) in [6.45, 7) is 2.99. The van der Waals surface area contributed by atoms with E-state index >= 15 is 0 Å². The van der Waals surface area contributed by atoms with E-state index in [0.29, 0.717) is 19.4 Å². The molecule has 1 saturated carbocycles. The third kappa shape index (κ3) is 4.94. The van der Waals surface area contributed by atoms with Crippen molar-refractivity contribution in [1.82, 2.24) is 10.6 Å². The number of aliphatic hydroxyl groups is 1. The van der Waals surface area contributed by atoms with Crippen molar-refractivity contribution < 1.29 is 24.5 Å². The summed E-state index contributed by atoms with van der Waals surface area (Å²) in [7, 11) is 0. The molecule has 0 unspecified atom stereocenters. The van der Waals surface area contributed by atoms with Crippen LogP contribution in [0.4, 0.5) is 4.79 Å². The first kappa shape index (κ1) is 17.2. The largest absolute Gasteiger partial charge is 0.478 e. The van der Waals surface area contributed by atoms with Gasteiger partial charge < -0.3 is 25.6 Å². The van der Waals surface area contributed by atoms with Crippen molar-refractivity contribution in [2.75, 3.05) is 13.2 Å². The molecule has 7 nitrogen and oxygen atoms in total. The maximum Gasteiger partial charge on any atom is 0.335 e. The van der Waals surface area contributed by atoms with E-state index in [-0.39, 0.29) is 30.8 Å². The van der Waals surface area contributed by atoms with Gasteiger partial charge in [-0.15, -0.1) is 0 Å². The summed E-state index contributed by atoms with van der Waals surface area (Å²) < 4.78 is 5.38. The number of hydrogen-bond acceptors (Lipinski definition) is 4. The maximum absolute atomic E-state index is 11.7. The second kappa shape index (κ2) is 7.43. The van der Waals surface area contributed by atoms with E-state index in [4.69, 9.17) is 9.84 Å². The predicted molar refractivity (Wildman–Crippen MR) is 83.2 cm³/mol. The Morgan fingerprint density at radius 1 is 1.26 bits per heavy atom. The highest BCUT2D eigenvalue weighted by molar-refractivity contribution is 5.87. The van der Waals surface area contributed by atoms with Crippen LogP contribution in [0.1, 0.15) is 35.7 Å². The van der Waals surface area contributed by atoms with Crippen molar-refractivity contribution in [3.05, 3.63) is 35.4 Å². The van der Waals surface area contributed by atoms with E-state index in [1.165, 1.54) is 12.1 Å². The van der Waals surface area contributed by atoms with Crippen molar-refractivity contribution in [2.45, 2.75) is 38.0 Å². The van der Waals surface area contributed by atoms with E-state index in [2.05, 4.69) is 10.6 Å². The first-order valence-electron chi connectivity index (χ1n) is 7.60. The summed E-state index contributed by atoms with van der Waals surface area (Å²) in [5, 5.41) is 24.3. The lowest BCUT2D eigenvalue weighted by Crippen LogP contribution is -2.56. The van der Waals surface area contributed by atoms with Crippen molar-refractivity contribution in [3.8, 4) is 0 Å². The fourth-order valence-electron chi connectivity index (χ4n) is 2.54. The molecule has 1 aromatic carbocycles. The monoisotopic (exact) mass is 322 g/mol. The lowest BCUT2D eigenvalue weighted by Gasteiger charge is -2.43. The lowest BCUT2D eigenvalue weighted by atomic mass is 9.77. The summed E-state index contributed by atoms with van der Waals surface area (Å²) in [6.07, 6.45) is 1.12. The number of carboxylic acids is 1. The zero-order valence-corrected chi connectivity index (χ0v) is 13.0. The molecule has 0 radical (unpaired) electrons. The molecule has 1 aliphatic carbocycles. The van der Waals surface area contributed by atoms with E-state index in [9.17, 15) is 14.7 Å². The molecule has 0 saturated heterocycles. The van der Waals surface area contributed by atoms with Crippen LogP contribution in [0, 0.1) is 0 Å². The number of carbonyl (C=O) groups excluding carboxylic acids is 1. The van der Waals surface area contributed by atoms with Gasteiger partial charge >= 0.3 is 12.0 Å². The Morgan fingerprint density at radius 2 is 1.91 bits per heavy atom. The minimum atomic E-state index is -0.985. The summed E-state index contributed by atoms with van der Waals surface area (Å²) in [4.78, 5) is 22.5. The van der Waals surface area contributed by atoms with Crippen molar-refractivity contribution in [1.29, 1.82) is 0 Å². The molecular formula is C16H22N2O5. The maximum atomic E-state index is 11.7. The predicted octanol–water partition coefficient (Wildman–Crippen LogP) is 1.11. The molecule has 0 aliphatic heterocycles. The van der Waals surface area contributed by atoms with Gasteiger partial charge in [0.1, 0.15) is 0 Å². The fraction of sp³-hybridized carbons (Fsp3) is 0.500. The van der Waals surface area contributed by atoms with E-state index in [1.54, 1.807) is 12.1 Å². The average molecular weight is 322 g/mol.